The topological polar surface area (TPSA) is 110 Å². The van der Waals surface area contributed by atoms with Crippen LogP contribution in [0.2, 0.25) is 0 Å². The van der Waals surface area contributed by atoms with Crippen LogP contribution in [-0.4, -0.2) is 51.7 Å². The number of nitrogens with one attached hydrogen (secondary N) is 2. The van der Waals surface area contributed by atoms with Crippen LogP contribution >= 0.6 is 0 Å². The Balaban J connectivity index is 1.80. The van der Waals surface area contributed by atoms with Gasteiger partial charge >= 0.3 is 6.09 Å². The van der Waals surface area contributed by atoms with Crippen molar-refractivity contribution in [2.75, 3.05) is 11.9 Å². The number of amides is 1. The van der Waals surface area contributed by atoms with Gasteiger partial charge in [-0.15, -0.1) is 0 Å². The molecule has 1 saturated carbocycles. The van der Waals surface area contributed by atoms with Crippen molar-refractivity contribution in [3.8, 4) is 0 Å². The normalized spacial score (nSPS) is 15.5. The molecular formula is C25H32F2N4O4. The first-order chi connectivity index (χ1) is 16.3. The van der Waals surface area contributed by atoms with Gasteiger partial charge in [-0.25, -0.2) is 23.5 Å². The monoisotopic (exact) mass is 490 g/mol. The summed E-state index contributed by atoms with van der Waals surface area (Å²) in [5.74, 6) is -0.924. The molecule has 0 bridgehead atoms. The third-order valence-corrected chi connectivity index (χ3v) is 5.85. The molecule has 2 N–H and O–H groups in total. The van der Waals surface area contributed by atoms with Crippen LogP contribution in [0.5, 0.6) is 0 Å². The zero-order valence-electron chi connectivity index (χ0n) is 20.7. The third-order valence-electron chi connectivity index (χ3n) is 5.85. The Hall–Kier alpha value is -3.17. The summed E-state index contributed by atoms with van der Waals surface area (Å²) in [6.45, 7) is 8.10. The van der Waals surface area contributed by atoms with E-state index >= 15 is 0 Å². The van der Waals surface area contributed by atoms with E-state index in [-0.39, 0.29) is 34.9 Å². The number of anilines is 1. The summed E-state index contributed by atoms with van der Waals surface area (Å²) in [6, 6.07) is 4.95. The minimum absolute atomic E-state index is 0.0679. The SMILES string of the molecule is CCC(CC(=O)c1cccc2nc(C)c(NCC(F)F)nc12)C(=O)C1(NC(=O)OC(C)(C)C)CC1. The van der Waals surface area contributed by atoms with Gasteiger partial charge in [-0.1, -0.05) is 13.0 Å². The van der Waals surface area contributed by atoms with Crippen LogP contribution in [-0.2, 0) is 9.53 Å². The molecule has 0 aliphatic heterocycles. The van der Waals surface area contributed by atoms with E-state index in [2.05, 4.69) is 20.6 Å². The highest BCUT2D eigenvalue weighted by atomic mass is 19.3. The maximum Gasteiger partial charge on any atom is 0.408 e. The number of halogens is 2. The summed E-state index contributed by atoms with van der Waals surface area (Å²) in [7, 11) is 0. The number of rotatable bonds is 10. The Morgan fingerprint density at radius 3 is 2.43 bits per heavy atom. The molecule has 3 rings (SSSR count). The van der Waals surface area contributed by atoms with E-state index in [1.165, 1.54) is 0 Å². The summed E-state index contributed by atoms with van der Waals surface area (Å²) >= 11 is 0. The number of hydrogen-bond donors (Lipinski definition) is 2. The van der Waals surface area contributed by atoms with Crippen LogP contribution < -0.4 is 10.6 Å². The number of alkyl halides is 2. The molecule has 1 unspecified atom stereocenters. The number of nitrogens with zero attached hydrogens (tertiary/aromatic N) is 2. The van der Waals surface area contributed by atoms with E-state index in [1.807, 2.05) is 6.92 Å². The van der Waals surface area contributed by atoms with Crippen LogP contribution in [0, 0.1) is 12.8 Å². The minimum Gasteiger partial charge on any atom is -0.444 e. The lowest BCUT2D eigenvalue weighted by Crippen LogP contribution is -2.47. The summed E-state index contributed by atoms with van der Waals surface area (Å²) in [6.07, 6.45) is -1.89. The number of Topliss-reactive ketones (excluding diaryl/α,β-unsaturated/α-hetero) is 2. The minimum atomic E-state index is -2.57. The van der Waals surface area contributed by atoms with Crippen LogP contribution in [0.4, 0.5) is 19.4 Å². The number of para-hydroxylation sites is 1. The average Bonchev–Trinajstić information content (AvgIpc) is 3.53. The zero-order chi connectivity index (χ0) is 26.0. The molecule has 1 aliphatic rings. The van der Waals surface area contributed by atoms with Crippen LogP contribution in [0.1, 0.15) is 69.4 Å². The van der Waals surface area contributed by atoms with Crippen molar-refractivity contribution in [1.82, 2.24) is 15.3 Å². The summed E-state index contributed by atoms with van der Waals surface area (Å²) in [4.78, 5) is 47.6. The Morgan fingerprint density at radius 1 is 1.17 bits per heavy atom. The number of carbonyl (C=O) groups excluding carboxylic acids is 3. The second kappa shape index (κ2) is 10.2. The van der Waals surface area contributed by atoms with Gasteiger partial charge in [0.15, 0.2) is 11.6 Å². The molecule has 0 spiro atoms. The smallest absolute Gasteiger partial charge is 0.408 e. The number of ketones is 2. The first-order valence-corrected chi connectivity index (χ1v) is 11.7. The number of benzene rings is 1. The van der Waals surface area contributed by atoms with E-state index < -0.39 is 36.1 Å². The van der Waals surface area contributed by atoms with Crippen LogP contribution in [0.15, 0.2) is 18.2 Å². The molecule has 2 aromatic rings. The molecule has 1 aromatic heterocycles. The van der Waals surface area contributed by atoms with Crippen LogP contribution in [0.25, 0.3) is 11.0 Å². The van der Waals surface area contributed by atoms with Crippen molar-refractivity contribution < 1.29 is 27.9 Å². The van der Waals surface area contributed by atoms with E-state index in [1.54, 1.807) is 45.9 Å². The first kappa shape index (κ1) is 26.4. The van der Waals surface area contributed by atoms with Crippen molar-refractivity contribution in [3.63, 3.8) is 0 Å². The number of aromatic nitrogens is 2. The Kier molecular flexibility index (Phi) is 7.71. The molecule has 8 nitrogen and oxygen atoms in total. The second-order valence-electron chi connectivity index (χ2n) is 9.91. The quantitative estimate of drug-likeness (QED) is 0.459. The molecule has 35 heavy (non-hydrogen) atoms. The summed E-state index contributed by atoms with van der Waals surface area (Å²) in [5.41, 5.74) is -0.249. The van der Waals surface area contributed by atoms with Gasteiger partial charge in [-0.3, -0.25) is 9.59 Å². The van der Waals surface area contributed by atoms with Crippen molar-refractivity contribution in [1.29, 1.82) is 0 Å². The highest BCUT2D eigenvalue weighted by Crippen LogP contribution is 2.40. The maximum atomic E-state index is 13.3. The molecule has 10 heteroatoms. The molecule has 1 fully saturated rings. The lowest BCUT2D eigenvalue weighted by molar-refractivity contribution is -0.126. The Bertz CT molecular complexity index is 1130. The number of ether oxygens (including phenoxy) is 1. The van der Waals surface area contributed by atoms with Gasteiger partial charge in [0.05, 0.1) is 17.8 Å². The predicted molar refractivity (Wildman–Crippen MR) is 128 cm³/mol. The molecule has 190 valence electrons. The summed E-state index contributed by atoms with van der Waals surface area (Å²) in [5, 5.41) is 5.27. The molecule has 1 aliphatic carbocycles. The molecule has 1 amide bonds. The molecular weight excluding hydrogens is 458 g/mol. The highest BCUT2D eigenvalue weighted by molar-refractivity contribution is 6.08. The van der Waals surface area contributed by atoms with Gasteiger partial charge in [0.2, 0.25) is 0 Å². The fourth-order valence-electron chi connectivity index (χ4n) is 3.94. The Labute approximate surface area is 203 Å². The van der Waals surface area contributed by atoms with E-state index in [0.29, 0.717) is 30.5 Å². The summed E-state index contributed by atoms with van der Waals surface area (Å²) < 4.78 is 30.6. The van der Waals surface area contributed by atoms with Crippen LogP contribution in [0.3, 0.4) is 0 Å². The van der Waals surface area contributed by atoms with Crippen molar-refractivity contribution >= 4 is 34.5 Å². The largest absolute Gasteiger partial charge is 0.444 e. The number of fused-ring (bicyclic) bond motifs is 1. The van der Waals surface area contributed by atoms with Gasteiger partial charge in [-0.2, -0.15) is 0 Å². The van der Waals surface area contributed by atoms with Gasteiger partial charge in [0, 0.05) is 17.9 Å². The molecule has 1 aromatic carbocycles. The van der Waals surface area contributed by atoms with Gasteiger partial charge in [0.1, 0.15) is 22.5 Å². The Morgan fingerprint density at radius 2 is 1.86 bits per heavy atom. The average molecular weight is 491 g/mol. The fraction of sp³-hybridized carbons (Fsp3) is 0.560. The number of carbonyl (C=O) groups is 3. The lowest BCUT2D eigenvalue weighted by atomic mass is 9.87. The van der Waals surface area contributed by atoms with E-state index in [4.69, 9.17) is 4.74 Å². The van der Waals surface area contributed by atoms with E-state index in [9.17, 15) is 23.2 Å². The molecule has 0 saturated heterocycles. The van der Waals surface area contributed by atoms with Gasteiger partial charge in [0.25, 0.3) is 6.43 Å². The molecule has 1 heterocycles. The maximum absolute atomic E-state index is 13.3. The molecule has 1 atom stereocenters. The predicted octanol–water partition coefficient (Wildman–Crippen LogP) is 4.84. The fourth-order valence-corrected chi connectivity index (χ4v) is 3.94. The van der Waals surface area contributed by atoms with Gasteiger partial charge in [-0.05, 0) is 59.1 Å². The zero-order valence-corrected chi connectivity index (χ0v) is 20.7. The number of aryl methyl sites for hydroxylation is 1. The second-order valence-corrected chi connectivity index (χ2v) is 9.91. The van der Waals surface area contributed by atoms with Crippen molar-refractivity contribution in [2.24, 2.45) is 5.92 Å². The van der Waals surface area contributed by atoms with E-state index in [0.717, 1.165) is 0 Å². The first-order valence-electron chi connectivity index (χ1n) is 11.7. The number of alkyl carbamates (subject to hydrolysis) is 1. The van der Waals surface area contributed by atoms with Crippen molar-refractivity contribution in [2.45, 2.75) is 77.9 Å². The standard InChI is InChI=1S/C25H32F2N4O4/c1-6-15(21(33)25(10-11-25)31-23(34)35-24(3,4)5)12-18(32)16-8-7-9-17-20(16)30-22(14(2)29-17)28-13-19(26)27/h7-9,15,19H,6,10-13H2,1-5H3,(H,28,30)(H,31,34). The van der Waals surface area contributed by atoms with Crippen molar-refractivity contribution in [3.05, 3.63) is 29.5 Å². The molecule has 0 radical (unpaired) electrons. The third kappa shape index (κ3) is 6.49. The number of hydrogen-bond acceptors (Lipinski definition) is 7. The van der Waals surface area contributed by atoms with Gasteiger partial charge < -0.3 is 15.4 Å². The highest BCUT2D eigenvalue weighted by Gasteiger charge is 2.53. The lowest BCUT2D eigenvalue weighted by Gasteiger charge is -2.25.